The van der Waals surface area contributed by atoms with Crippen LogP contribution in [-0.4, -0.2) is 36.8 Å². The Morgan fingerprint density at radius 2 is 1.90 bits per heavy atom. The Morgan fingerprint density at radius 1 is 1.17 bits per heavy atom. The molecule has 0 bridgehead atoms. The summed E-state index contributed by atoms with van der Waals surface area (Å²) >= 11 is 0. The zero-order valence-corrected chi connectivity index (χ0v) is 18.1. The molecule has 0 N–H and O–H groups in total. The van der Waals surface area contributed by atoms with Crippen molar-refractivity contribution in [1.29, 1.82) is 5.26 Å². The highest BCUT2D eigenvalue weighted by molar-refractivity contribution is 5.75. The van der Waals surface area contributed by atoms with Crippen LogP contribution in [0.3, 0.4) is 0 Å². The van der Waals surface area contributed by atoms with E-state index in [1.807, 2.05) is 51.1 Å². The van der Waals surface area contributed by atoms with E-state index in [1.54, 1.807) is 18.1 Å². The largest absolute Gasteiger partial charge is 0.497 e. The number of nitrogens with zero attached hydrogens (tertiary/aromatic N) is 2. The van der Waals surface area contributed by atoms with E-state index in [0.29, 0.717) is 25.1 Å². The Bertz CT molecular complexity index is 979. The lowest BCUT2D eigenvalue weighted by Crippen LogP contribution is -2.41. The fraction of sp³-hybridized carbons (Fsp3) is 0.360. The van der Waals surface area contributed by atoms with Crippen LogP contribution in [0, 0.1) is 11.3 Å². The summed E-state index contributed by atoms with van der Waals surface area (Å²) in [6.45, 7) is 6.75. The van der Waals surface area contributed by atoms with Crippen molar-refractivity contribution >= 4 is 11.7 Å². The molecule has 1 aliphatic rings. The second-order valence-corrected chi connectivity index (χ2v) is 8.45. The van der Waals surface area contributed by atoms with E-state index < -0.39 is 5.60 Å². The molecule has 30 heavy (non-hydrogen) atoms. The standard InChI is InChI=1S/C25H28N2O3/c1-25(2,3)30-24(28)27-13-12-23(20-8-10-22(29-4)11-9-20)21(17-27)15-18-6-5-7-19(14-18)16-26/h5-11,14H,12-13,15,17H2,1-4H3. The maximum Gasteiger partial charge on any atom is 0.410 e. The fourth-order valence-electron chi connectivity index (χ4n) is 3.61. The van der Waals surface area contributed by atoms with E-state index in [1.165, 1.54) is 5.57 Å². The molecule has 2 aromatic rings. The normalized spacial score (nSPS) is 14.3. The van der Waals surface area contributed by atoms with Crippen molar-refractivity contribution in [2.45, 2.75) is 39.2 Å². The third-order valence-electron chi connectivity index (χ3n) is 5.00. The molecule has 3 rings (SSSR count). The molecule has 1 heterocycles. The summed E-state index contributed by atoms with van der Waals surface area (Å²) in [5.41, 5.74) is 4.69. The molecule has 0 aromatic heterocycles. The first-order valence-corrected chi connectivity index (χ1v) is 10.1. The number of ether oxygens (including phenoxy) is 2. The molecular weight excluding hydrogens is 376 g/mol. The van der Waals surface area contributed by atoms with Gasteiger partial charge in [0.25, 0.3) is 0 Å². The van der Waals surface area contributed by atoms with Crippen molar-refractivity contribution < 1.29 is 14.3 Å². The van der Waals surface area contributed by atoms with Gasteiger partial charge in [0.2, 0.25) is 0 Å². The minimum absolute atomic E-state index is 0.292. The van der Waals surface area contributed by atoms with Gasteiger partial charge in [0.1, 0.15) is 11.4 Å². The first kappa shape index (κ1) is 21.4. The first-order chi connectivity index (χ1) is 14.3. The number of hydrogen-bond donors (Lipinski definition) is 0. The van der Waals surface area contributed by atoms with E-state index in [0.717, 1.165) is 28.9 Å². The molecule has 5 nitrogen and oxygen atoms in total. The van der Waals surface area contributed by atoms with Crippen LogP contribution in [0.2, 0.25) is 0 Å². The molecule has 0 fully saturated rings. The first-order valence-electron chi connectivity index (χ1n) is 10.1. The minimum atomic E-state index is -0.529. The topological polar surface area (TPSA) is 62.6 Å². The van der Waals surface area contributed by atoms with Crippen LogP contribution in [0.15, 0.2) is 54.1 Å². The summed E-state index contributed by atoms with van der Waals surface area (Å²) in [6, 6.07) is 17.9. The maximum atomic E-state index is 12.7. The van der Waals surface area contributed by atoms with Crippen LogP contribution in [0.1, 0.15) is 43.9 Å². The second kappa shape index (κ2) is 9.04. The summed E-state index contributed by atoms with van der Waals surface area (Å²) in [6.07, 6.45) is 1.13. The van der Waals surface area contributed by atoms with Crippen LogP contribution in [0.4, 0.5) is 4.79 Å². The van der Waals surface area contributed by atoms with Crippen molar-refractivity contribution in [3.8, 4) is 11.8 Å². The Hall–Kier alpha value is -3.26. The third-order valence-corrected chi connectivity index (χ3v) is 5.00. The van der Waals surface area contributed by atoms with Crippen molar-refractivity contribution in [3.63, 3.8) is 0 Å². The van der Waals surface area contributed by atoms with Gasteiger partial charge in [-0.2, -0.15) is 5.26 Å². The zero-order valence-electron chi connectivity index (χ0n) is 18.1. The van der Waals surface area contributed by atoms with Gasteiger partial charge in [0.05, 0.1) is 18.7 Å². The summed E-state index contributed by atoms with van der Waals surface area (Å²) in [7, 11) is 1.65. The number of hydrogen-bond acceptors (Lipinski definition) is 4. The smallest absolute Gasteiger partial charge is 0.410 e. The molecule has 0 unspecified atom stereocenters. The quantitative estimate of drug-likeness (QED) is 0.702. The molecular formula is C25H28N2O3. The number of rotatable bonds is 4. The molecule has 0 atom stereocenters. The maximum absolute atomic E-state index is 12.7. The van der Waals surface area contributed by atoms with Crippen molar-refractivity contribution in [1.82, 2.24) is 4.90 Å². The van der Waals surface area contributed by atoms with Crippen molar-refractivity contribution in [3.05, 3.63) is 70.8 Å². The lowest BCUT2D eigenvalue weighted by Gasteiger charge is -2.33. The molecule has 156 valence electrons. The second-order valence-electron chi connectivity index (χ2n) is 8.45. The van der Waals surface area contributed by atoms with E-state index in [2.05, 4.69) is 18.2 Å². The Kier molecular flexibility index (Phi) is 6.47. The summed E-state index contributed by atoms with van der Waals surface area (Å²) in [5, 5.41) is 9.23. The molecule has 0 saturated heterocycles. The Morgan fingerprint density at radius 3 is 2.53 bits per heavy atom. The highest BCUT2D eigenvalue weighted by Gasteiger charge is 2.27. The summed E-state index contributed by atoms with van der Waals surface area (Å²) in [5.74, 6) is 0.814. The van der Waals surface area contributed by atoms with Crippen molar-refractivity contribution in [2.24, 2.45) is 0 Å². The van der Waals surface area contributed by atoms with Crippen molar-refractivity contribution in [2.75, 3.05) is 20.2 Å². The lowest BCUT2D eigenvalue weighted by atomic mass is 9.89. The molecule has 0 aliphatic carbocycles. The van der Waals surface area contributed by atoms with Crippen LogP contribution in [0.5, 0.6) is 5.75 Å². The highest BCUT2D eigenvalue weighted by atomic mass is 16.6. The number of methoxy groups -OCH3 is 1. The van der Waals surface area contributed by atoms with E-state index >= 15 is 0 Å². The molecule has 1 aliphatic heterocycles. The van der Waals surface area contributed by atoms with Gasteiger partial charge in [-0.1, -0.05) is 24.3 Å². The fourth-order valence-corrected chi connectivity index (χ4v) is 3.61. The molecule has 0 saturated carbocycles. The van der Waals surface area contributed by atoms with Gasteiger partial charge in [0.15, 0.2) is 0 Å². The molecule has 0 spiro atoms. The highest BCUT2D eigenvalue weighted by Crippen LogP contribution is 2.31. The van der Waals surface area contributed by atoms with Gasteiger partial charge in [0, 0.05) is 13.1 Å². The minimum Gasteiger partial charge on any atom is -0.497 e. The summed E-state index contributed by atoms with van der Waals surface area (Å²) in [4.78, 5) is 14.4. The summed E-state index contributed by atoms with van der Waals surface area (Å²) < 4.78 is 10.9. The predicted octanol–water partition coefficient (Wildman–Crippen LogP) is 5.20. The molecule has 5 heteroatoms. The number of benzene rings is 2. The predicted molar refractivity (Wildman–Crippen MR) is 117 cm³/mol. The number of carbonyl (C=O) groups is 1. The van der Waals surface area contributed by atoms with Gasteiger partial charge in [-0.05, 0) is 80.2 Å². The molecule has 1 amide bonds. The van der Waals surface area contributed by atoms with Crippen LogP contribution >= 0.6 is 0 Å². The van der Waals surface area contributed by atoms with E-state index in [9.17, 15) is 10.1 Å². The monoisotopic (exact) mass is 404 g/mol. The van der Waals surface area contributed by atoms with Gasteiger partial charge in [-0.3, -0.25) is 0 Å². The van der Waals surface area contributed by atoms with E-state index in [4.69, 9.17) is 9.47 Å². The Balaban J connectivity index is 1.93. The van der Waals surface area contributed by atoms with Gasteiger partial charge < -0.3 is 14.4 Å². The van der Waals surface area contributed by atoms with Crippen LogP contribution < -0.4 is 4.74 Å². The van der Waals surface area contributed by atoms with Gasteiger partial charge >= 0.3 is 6.09 Å². The molecule has 0 radical (unpaired) electrons. The Labute approximate surface area is 178 Å². The molecule has 2 aromatic carbocycles. The zero-order chi connectivity index (χ0) is 21.7. The van der Waals surface area contributed by atoms with E-state index in [-0.39, 0.29) is 6.09 Å². The average molecular weight is 405 g/mol. The third kappa shape index (κ3) is 5.42. The van der Waals surface area contributed by atoms with Crippen LogP contribution in [-0.2, 0) is 11.2 Å². The SMILES string of the molecule is COc1ccc(C2=C(Cc3cccc(C#N)c3)CN(C(=O)OC(C)(C)C)CC2)cc1. The van der Waals surface area contributed by atoms with Crippen LogP contribution in [0.25, 0.3) is 5.57 Å². The van der Waals surface area contributed by atoms with Gasteiger partial charge in [-0.15, -0.1) is 0 Å². The van der Waals surface area contributed by atoms with Gasteiger partial charge in [-0.25, -0.2) is 4.79 Å². The lowest BCUT2D eigenvalue weighted by molar-refractivity contribution is 0.0264. The average Bonchev–Trinajstić information content (AvgIpc) is 2.73. The number of nitriles is 1. The number of carbonyl (C=O) groups excluding carboxylic acids is 1. The number of amides is 1.